The van der Waals surface area contributed by atoms with E-state index >= 15 is 0 Å². The molecule has 20 heavy (non-hydrogen) atoms. The standard InChI is InChI=1S/C14H11ClFNO2S/c15-11-3-1-8(6-13(11)20)14(19)17-10-2-4-12(16)9(5-10)7-18/h1-6,18,20H,7H2,(H,17,19). The monoisotopic (exact) mass is 311 g/mol. The van der Waals surface area contributed by atoms with Crippen LogP contribution in [-0.4, -0.2) is 11.0 Å². The lowest BCUT2D eigenvalue weighted by atomic mass is 10.1. The van der Waals surface area contributed by atoms with Gasteiger partial charge in [-0.15, -0.1) is 12.6 Å². The Hall–Kier alpha value is -1.56. The number of benzene rings is 2. The van der Waals surface area contributed by atoms with Crippen molar-refractivity contribution in [2.24, 2.45) is 0 Å². The third-order valence-electron chi connectivity index (χ3n) is 2.68. The van der Waals surface area contributed by atoms with E-state index in [9.17, 15) is 9.18 Å². The third kappa shape index (κ3) is 3.30. The lowest BCUT2D eigenvalue weighted by molar-refractivity contribution is 0.102. The SMILES string of the molecule is O=C(Nc1ccc(F)c(CO)c1)c1ccc(Cl)c(S)c1. The van der Waals surface area contributed by atoms with E-state index in [2.05, 4.69) is 17.9 Å². The van der Waals surface area contributed by atoms with Crippen LogP contribution in [0.15, 0.2) is 41.3 Å². The van der Waals surface area contributed by atoms with Crippen molar-refractivity contribution < 1.29 is 14.3 Å². The predicted molar refractivity (Wildman–Crippen MR) is 79.0 cm³/mol. The van der Waals surface area contributed by atoms with Crippen molar-refractivity contribution in [1.82, 2.24) is 0 Å². The maximum absolute atomic E-state index is 13.2. The Morgan fingerprint density at radius 3 is 2.70 bits per heavy atom. The zero-order valence-corrected chi connectivity index (χ0v) is 11.9. The molecule has 0 aliphatic heterocycles. The van der Waals surface area contributed by atoms with Crippen LogP contribution in [0.25, 0.3) is 0 Å². The van der Waals surface area contributed by atoms with E-state index in [1.165, 1.54) is 24.3 Å². The number of hydrogen-bond donors (Lipinski definition) is 3. The molecule has 0 saturated carbocycles. The molecule has 2 rings (SSSR count). The Kier molecular flexibility index (Phi) is 4.65. The van der Waals surface area contributed by atoms with Gasteiger partial charge in [-0.1, -0.05) is 11.6 Å². The summed E-state index contributed by atoms with van der Waals surface area (Å²) in [4.78, 5) is 12.5. The summed E-state index contributed by atoms with van der Waals surface area (Å²) < 4.78 is 13.2. The first-order chi connectivity index (χ1) is 9.51. The molecule has 0 fully saturated rings. The van der Waals surface area contributed by atoms with Crippen molar-refractivity contribution >= 4 is 35.8 Å². The topological polar surface area (TPSA) is 49.3 Å². The molecule has 0 unspecified atom stereocenters. The van der Waals surface area contributed by atoms with Crippen LogP contribution in [-0.2, 0) is 6.61 Å². The number of anilines is 1. The van der Waals surface area contributed by atoms with Gasteiger partial charge in [-0.25, -0.2) is 4.39 Å². The highest BCUT2D eigenvalue weighted by Gasteiger charge is 2.09. The molecule has 0 saturated heterocycles. The van der Waals surface area contributed by atoms with Gasteiger partial charge in [-0.2, -0.15) is 0 Å². The van der Waals surface area contributed by atoms with Gasteiger partial charge in [0.15, 0.2) is 0 Å². The zero-order chi connectivity index (χ0) is 14.7. The maximum atomic E-state index is 13.2. The molecule has 2 aromatic rings. The Morgan fingerprint density at radius 2 is 2.05 bits per heavy atom. The second kappa shape index (κ2) is 6.26. The van der Waals surface area contributed by atoms with E-state index in [4.69, 9.17) is 16.7 Å². The van der Waals surface area contributed by atoms with E-state index < -0.39 is 12.4 Å². The number of hydrogen-bond acceptors (Lipinski definition) is 3. The number of aliphatic hydroxyl groups excluding tert-OH is 1. The van der Waals surface area contributed by atoms with Crippen molar-refractivity contribution in [1.29, 1.82) is 0 Å². The molecule has 0 bridgehead atoms. The molecular formula is C14H11ClFNO2S. The highest BCUT2D eigenvalue weighted by atomic mass is 35.5. The number of thiol groups is 1. The Bertz CT molecular complexity index is 664. The fourth-order valence-electron chi connectivity index (χ4n) is 1.63. The molecule has 3 nitrogen and oxygen atoms in total. The zero-order valence-electron chi connectivity index (χ0n) is 10.2. The van der Waals surface area contributed by atoms with Crippen LogP contribution in [0.1, 0.15) is 15.9 Å². The highest BCUT2D eigenvalue weighted by molar-refractivity contribution is 7.80. The third-order valence-corrected chi connectivity index (χ3v) is 3.51. The lowest BCUT2D eigenvalue weighted by Gasteiger charge is -2.08. The minimum Gasteiger partial charge on any atom is -0.392 e. The number of aliphatic hydroxyl groups is 1. The summed E-state index contributed by atoms with van der Waals surface area (Å²) in [5.41, 5.74) is 0.902. The van der Waals surface area contributed by atoms with Gasteiger partial charge < -0.3 is 10.4 Å². The maximum Gasteiger partial charge on any atom is 0.255 e. The van der Waals surface area contributed by atoms with Crippen molar-refractivity contribution in [3.05, 3.63) is 58.4 Å². The molecule has 6 heteroatoms. The van der Waals surface area contributed by atoms with E-state index in [1.807, 2.05) is 0 Å². The van der Waals surface area contributed by atoms with Gasteiger partial charge in [0.2, 0.25) is 0 Å². The summed E-state index contributed by atoms with van der Waals surface area (Å²) in [7, 11) is 0. The Labute approximate surface area is 125 Å². The van der Waals surface area contributed by atoms with Crippen molar-refractivity contribution in [2.45, 2.75) is 11.5 Å². The molecule has 0 heterocycles. The largest absolute Gasteiger partial charge is 0.392 e. The Balaban J connectivity index is 2.21. The fourth-order valence-corrected chi connectivity index (χ4v) is 1.96. The summed E-state index contributed by atoms with van der Waals surface area (Å²) in [6.45, 7) is -0.433. The highest BCUT2D eigenvalue weighted by Crippen LogP contribution is 2.22. The summed E-state index contributed by atoms with van der Waals surface area (Å²) in [6, 6.07) is 8.66. The summed E-state index contributed by atoms with van der Waals surface area (Å²) in [5.74, 6) is -0.887. The first-order valence-corrected chi connectivity index (χ1v) is 6.53. The van der Waals surface area contributed by atoms with Gasteiger partial charge >= 0.3 is 0 Å². The normalized spacial score (nSPS) is 10.4. The second-order valence-corrected chi connectivity index (χ2v) is 4.97. The smallest absolute Gasteiger partial charge is 0.255 e. The number of carbonyl (C=O) groups is 1. The number of rotatable bonds is 3. The lowest BCUT2D eigenvalue weighted by Crippen LogP contribution is -2.12. The minimum atomic E-state index is -0.519. The summed E-state index contributed by atoms with van der Waals surface area (Å²) >= 11 is 9.96. The molecule has 0 aliphatic carbocycles. The van der Waals surface area contributed by atoms with Gasteiger partial charge in [0, 0.05) is 21.7 Å². The summed E-state index contributed by atoms with van der Waals surface area (Å²) in [6.07, 6.45) is 0. The number of carbonyl (C=O) groups excluding carboxylic acids is 1. The molecule has 1 amide bonds. The van der Waals surface area contributed by atoms with E-state index in [0.29, 0.717) is 21.2 Å². The van der Waals surface area contributed by atoms with Crippen LogP contribution < -0.4 is 5.32 Å². The average molecular weight is 312 g/mol. The van der Waals surface area contributed by atoms with Crippen LogP contribution in [0.4, 0.5) is 10.1 Å². The van der Waals surface area contributed by atoms with Crippen LogP contribution in [0.2, 0.25) is 5.02 Å². The molecule has 0 atom stereocenters. The minimum absolute atomic E-state index is 0.119. The quantitative estimate of drug-likeness (QED) is 0.760. The predicted octanol–water partition coefficient (Wildman–Crippen LogP) is 3.51. The van der Waals surface area contributed by atoms with Gasteiger partial charge in [-0.3, -0.25) is 4.79 Å². The Morgan fingerprint density at radius 1 is 1.30 bits per heavy atom. The molecule has 0 radical (unpaired) electrons. The first-order valence-electron chi connectivity index (χ1n) is 5.70. The average Bonchev–Trinajstić information content (AvgIpc) is 2.43. The first kappa shape index (κ1) is 14.8. The van der Waals surface area contributed by atoms with Gasteiger partial charge in [0.25, 0.3) is 5.91 Å². The van der Waals surface area contributed by atoms with Gasteiger partial charge in [0.05, 0.1) is 11.6 Å². The van der Waals surface area contributed by atoms with Crippen LogP contribution in [0.3, 0.4) is 0 Å². The van der Waals surface area contributed by atoms with Gasteiger partial charge in [0.1, 0.15) is 5.82 Å². The molecule has 0 aromatic heterocycles. The molecule has 0 aliphatic rings. The van der Waals surface area contributed by atoms with Crippen LogP contribution in [0.5, 0.6) is 0 Å². The molecule has 2 aromatic carbocycles. The molecular weight excluding hydrogens is 301 g/mol. The number of nitrogens with one attached hydrogen (secondary N) is 1. The second-order valence-electron chi connectivity index (χ2n) is 4.08. The molecule has 0 spiro atoms. The fraction of sp³-hybridized carbons (Fsp3) is 0.0714. The van der Waals surface area contributed by atoms with Crippen molar-refractivity contribution in [3.8, 4) is 0 Å². The molecule has 2 N–H and O–H groups in total. The number of halogens is 2. The number of amides is 1. The molecule has 104 valence electrons. The van der Waals surface area contributed by atoms with E-state index in [1.54, 1.807) is 12.1 Å². The van der Waals surface area contributed by atoms with Crippen molar-refractivity contribution in [3.63, 3.8) is 0 Å². The van der Waals surface area contributed by atoms with Crippen LogP contribution >= 0.6 is 24.2 Å². The van der Waals surface area contributed by atoms with Crippen LogP contribution in [0, 0.1) is 5.82 Å². The van der Waals surface area contributed by atoms with E-state index in [-0.39, 0.29) is 11.5 Å². The van der Waals surface area contributed by atoms with E-state index in [0.717, 1.165) is 0 Å². The van der Waals surface area contributed by atoms with Crippen molar-refractivity contribution in [2.75, 3.05) is 5.32 Å². The van der Waals surface area contributed by atoms with Gasteiger partial charge in [-0.05, 0) is 36.4 Å². The summed E-state index contributed by atoms with van der Waals surface area (Å²) in [5, 5.41) is 12.0.